The topological polar surface area (TPSA) is 47.4 Å². The van der Waals surface area contributed by atoms with Crippen molar-refractivity contribution in [3.05, 3.63) is 82.1 Å². The van der Waals surface area contributed by atoms with Gasteiger partial charge in [0.2, 0.25) is 0 Å². The summed E-state index contributed by atoms with van der Waals surface area (Å²) in [5, 5.41) is 4.81. The molecule has 0 aliphatic rings. The van der Waals surface area contributed by atoms with Gasteiger partial charge in [-0.05, 0) is 37.1 Å². The second kappa shape index (κ2) is 8.93. The maximum absolute atomic E-state index is 12.9. The van der Waals surface area contributed by atoms with E-state index in [2.05, 4.69) is 5.10 Å². The smallest absolute Gasteiger partial charge is 0.258 e. The Morgan fingerprint density at radius 2 is 1.89 bits per heavy atom. The van der Waals surface area contributed by atoms with Crippen molar-refractivity contribution < 1.29 is 9.53 Å². The number of halogens is 1. The van der Waals surface area contributed by atoms with E-state index in [0.717, 1.165) is 16.9 Å². The molecule has 1 aromatic heterocycles. The fraction of sp³-hybridized carbons (Fsp3) is 0.273. The van der Waals surface area contributed by atoms with Crippen molar-refractivity contribution in [2.45, 2.75) is 20.4 Å². The Kier molecular flexibility index (Phi) is 6.37. The molecule has 3 aromatic rings. The van der Waals surface area contributed by atoms with E-state index in [1.807, 2.05) is 61.5 Å². The Morgan fingerprint density at radius 1 is 1.14 bits per heavy atom. The molecular weight excluding hydrogens is 374 g/mol. The second-order valence-electron chi connectivity index (χ2n) is 6.79. The maximum atomic E-state index is 12.9. The lowest BCUT2D eigenvalue weighted by Gasteiger charge is -2.17. The molecule has 5 nitrogen and oxygen atoms in total. The second-order valence-corrected chi connectivity index (χ2v) is 7.14. The van der Waals surface area contributed by atoms with Gasteiger partial charge in [-0.15, -0.1) is 0 Å². The van der Waals surface area contributed by atoms with E-state index in [1.54, 1.807) is 23.6 Å². The number of hydrogen-bond donors (Lipinski definition) is 0. The van der Waals surface area contributed by atoms with Crippen LogP contribution < -0.4 is 4.74 Å². The Bertz CT molecular complexity index is 954. The van der Waals surface area contributed by atoms with Crippen LogP contribution in [0.1, 0.15) is 27.2 Å². The summed E-state index contributed by atoms with van der Waals surface area (Å²) >= 11 is 6.49. The summed E-state index contributed by atoms with van der Waals surface area (Å²) in [7, 11) is 1.74. The van der Waals surface area contributed by atoms with E-state index in [0.29, 0.717) is 36.1 Å². The van der Waals surface area contributed by atoms with Crippen LogP contribution >= 0.6 is 11.6 Å². The number of aryl methyl sites for hydroxylation is 2. The summed E-state index contributed by atoms with van der Waals surface area (Å²) < 4.78 is 7.40. The van der Waals surface area contributed by atoms with E-state index in [4.69, 9.17) is 16.3 Å². The molecule has 0 radical (unpaired) electrons. The van der Waals surface area contributed by atoms with Gasteiger partial charge in [0.1, 0.15) is 17.5 Å². The fourth-order valence-corrected chi connectivity index (χ4v) is 3.27. The number of carbonyl (C=O) groups is 1. The Balaban J connectivity index is 1.64. The minimum absolute atomic E-state index is 0.158. The van der Waals surface area contributed by atoms with Gasteiger partial charge >= 0.3 is 0 Å². The monoisotopic (exact) mass is 397 g/mol. The molecule has 0 unspecified atom stereocenters. The minimum atomic E-state index is -0.158. The highest BCUT2D eigenvalue weighted by Gasteiger charge is 2.23. The fourth-order valence-electron chi connectivity index (χ4n) is 2.96. The number of amides is 1. The standard InChI is InChI=1S/C22H24ClN3O2/c1-16-8-7-11-19(14-16)28-13-12-25(3)22(27)20-17(2)24-26(21(20)23)15-18-9-5-4-6-10-18/h4-11,14H,12-13,15H2,1-3H3. The third kappa shape index (κ3) is 4.73. The molecular formula is C22H24ClN3O2. The summed E-state index contributed by atoms with van der Waals surface area (Å²) in [5.41, 5.74) is 3.27. The first-order valence-corrected chi connectivity index (χ1v) is 9.55. The predicted octanol–water partition coefficient (Wildman–Crippen LogP) is 4.35. The largest absolute Gasteiger partial charge is 0.492 e. The minimum Gasteiger partial charge on any atom is -0.492 e. The van der Waals surface area contributed by atoms with Gasteiger partial charge in [0.25, 0.3) is 5.91 Å². The van der Waals surface area contributed by atoms with Crippen LogP contribution in [-0.4, -0.2) is 40.8 Å². The average molecular weight is 398 g/mol. The van der Waals surface area contributed by atoms with Gasteiger partial charge < -0.3 is 9.64 Å². The van der Waals surface area contributed by atoms with Crippen molar-refractivity contribution in [1.29, 1.82) is 0 Å². The molecule has 0 bridgehead atoms. The molecule has 0 aliphatic heterocycles. The number of benzene rings is 2. The Labute approximate surface area is 170 Å². The van der Waals surface area contributed by atoms with Gasteiger partial charge in [-0.25, -0.2) is 4.68 Å². The quantitative estimate of drug-likeness (QED) is 0.595. The number of aromatic nitrogens is 2. The van der Waals surface area contributed by atoms with Crippen molar-refractivity contribution in [3.8, 4) is 5.75 Å². The number of rotatable bonds is 7. The molecule has 0 spiro atoms. The van der Waals surface area contributed by atoms with Crippen molar-refractivity contribution in [2.24, 2.45) is 0 Å². The van der Waals surface area contributed by atoms with Gasteiger partial charge in [-0.3, -0.25) is 4.79 Å². The first kappa shape index (κ1) is 20.0. The summed E-state index contributed by atoms with van der Waals surface area (Å²) in [4.78, 5) is 14.5. The number of carbonyl (C=O) groups excluding carboxylic acids is 1. The van der Waals surface area contributed by atoms with Crippen molar-refractivity contribution in [2.75, 3.05) is 20.2 Å². The van der Waals surface area contributed by atoms with E-state index >= 15 is 0 Å². The van der Waals surface area contributed by atoms with Crippen LogP contribution in [-0.2, 0) is 6.54 Å². The van der Waals surface area contributed by atoms with Crippen LogP contribution in [0, 0.1) is 13.8 Å². The number of nitrogens with zero attached hydrogens (tertiary/aromatic N) is 3. The number of likely N-dealkylation sites (N-methyl/N-ethyl adjacent to an activating group) is 1. The molecule has 0 saturated heterocycles. The van der Waals surface area contributed by atoms with Gasteiger partial charge in [0.15, 0.2) is 0 Å². The number of ether oxygens (including phenoxy) is 1. The average Bonchev–Trinajstić information content (AvgIpc) is 2.95. The van der Waals surface area contributed by atoms with Gasteiger partial charge in [0.05, 0.1) is 24.3 Å². The first-order valence-electron chi connectivity index (χ1n) is 9.17. The van der Waals surface area contributed by atoms with Crippen LogP contribution in [0.4, 0.5) is 0 Å². The van der Waals surface area contributed by atoms with Gasteiger partial charge in [0, 0.05) is 7.05 Å². The molecule has 0 fully saturated rings. The SMILES string of the molecule is Cc1cccc(OCCN(C)C(=O)c2c(C)nn(Cc3ccccc3)c2Cl)c1. The molecule has 3 rings (SSSR count). The molecule has 0 atom stereocenters. The molecule has 0 N–H and O–H groups in total. The van der Waals surface area contributed by atoms with E-state index in [9.17, 15) is 4.79 Å². The zero-order chi connectivity index (χ0) is 20.1. The Morgan fingerprint density at radius 3 is 2.61 bits per heavy atom. The van der Waals surface area contributed by atoms with Crippen LogP contribution in [0.25, 0.3) is 0 Å². The maximum Gasteiger partial charge on any atom is 0.258 e. The van der Waals surface area contributed by atoms with Crippen LogP contribution in [0.3, 0.4) is 0 Å². The highest BCUT2D eigenvalue weighted by Crippen LogP contribution is 2.22. The molecule has 0 aliphatic carbocycles. The lowest BCUT2D eigenvalue weighted by Crippen LogP contribution is -2.31. The van der Waals surface area contributed by atoms with E-state index in [1.165, 1.54) is 0 Å². The highest BCUT2D eigenvalue weighted by molar-refractivity contribution is 6.33. The molecule has 0 saturated carbocycles. The van der Waals surface area contributed by atoms with Crippen LogP contribution in [0.2, 0.25) is 5.15 Å². The first-order chi connectivity index (χ1) is 13.5. The lowest BCUT2D eigenvalue weighted by atomic mass is 10.2. The molecule has 146 valence electrons. The molecule has 2 aromatic carbocycles. The number of hydrogen-bond acceptors (Lipinski definition) is 3. The molecule has 6 heteroatoms. The van der Waals surface area contributed by atoms with Crippen LogP contribution in [0.5, 0.6) is 5.75 Å². The summed E-state index contributed by atoms with van der Waals surface area (Å²) in [6.07, 6.45) is 0. The Hall–Kier alpha value is -2.79. The van der Waals surface area contributed by atoms with Crippen LogP contribution in [0.15, 0.2) is 54.6 Å². The van der Waals surface area contributed by atoms with Crippen molar-refractivity contribution >= 4 is 17.5 Å². The molecule has 1 amide bonds. The van der Waals surface area contributed by atoms with Crippen molar-refractivity contribution in [1.82, 2.24) is 14.7 Å². The van der Waals surface area contributed by atoms with Gasteiger partial charge in [-0.2, -0.15) is 5.10 Å². The summed E-state index contributed by atoms with van der Waals surface area (Å²) in [6.45, 7) is 5.19. The third-order valence-corrected chi connectivity index (χ3v) is 4.87. The highest BCUT2D eigenvalue weighted by atomic mass is 35.5. The summed E-state index contributed by atoms with van der Waals surface area (Å²) in [6, 6.07) is 17.7. The van der Waals surface area contributed by atoms with E-state index in [-0.39, 0.29) is 5.91 Å². The van der Waals surface area contributed by atoms with Crippen molar-refractivity contribution in [3.63, 3.8) is 0 Å². The predicted molar refractivity (Wildman–Crippen MR) is 111 cm³/mol. The summed E-state index contributed by atoms with van der Waals surface area (Å²) in [5.74, 6) is 0.639. The van der Waals surface area contributed by atoms with Gasteiger partial charge in [-0.1, -0.05) is 54.1 Å². The lowest BCUT2D eigenvalue weighted by molar-refractivity contribution is 0.0773. The zero-order valence-electron chi connectivity index (χ0n) is 16.4. The zero-order valence-corrected chi connectivity index (χ0v) is 17.1. The normalized spacial score (nSPS) is 10.7. The molecule has 1 heterocycles. The van der Waals surface area contributed by atoms with E-state index < -0.39 is 0 Å². The third-order valence-electron chi connectivity index (χ3n) is 4.49. The molecule has 28 heavy (non-hydrogen) atoms.